The Balaban J connectivity index is 0.000000100. The lowest BCUT2D eigenvalue weighted by Crippen LogP contribution is -2.14. The maximum atomic E-state index is 7.05. The van der Waals surface area contributed by atoms with Gasteiger partial charge in [-0.3, -0.25) is 0 Å². The number of hydrogen-bond donors (Lipinski definition) is 0. The largest absolute Gasteiger partial charge is 0.455 e. The predicted octanol–water partition coefficient (Wildman–Crippen LogP) is 33.0. The molecular weight excluding hydrogens is 1520 g/mol. The molecule has 0 amide bonds. The van der Waals surface area contributed by atoms with Gasteiger partial charge in [0.15, 0.2) is 0 Å². The second kappa shape index (κ2) is 26.7. The van der Waals surface area contributed by atoms with Gasteiger partial charge in [-0.15, -0.1) is 34.0 Å². The minimum absolute atomic E-state index is 0.000464. The molecule has 0 fully saturated rings. The summed E-state index contributed by atoms with van der Waals surface area (Å²) >= 11 is 5.83. The Morgan fingerprint density at radius 3 is 1.06 bits per heavy atom. The van der Waals surface area contributed by atoms with Crippen molar-refractivity contribution in [2.45, 2.75) is 38.5 Å². The first-order valence-electron chi connectivity index (χ1n) is 41.8. The number of fused-ring (bicyclic) bond motifs is 33. The van der Waals surface area contributed by atoms with E-state index in [1.165, 1.54) is 210 Å². The highest BCUT2D eigenvalue weighted by Gasteiger charge is 2.39. The summed E-state index contributed by atoms with van der Waals surface area (Å²) in [4.78, 5) is 0. The van der Waals surface area contributed by atoms with E-state index in [1.807, 2.05) is 34.0 Å². The molecule has 7 aromatic heterocycles. The molecule has 0 atom stereocenters. The maximum absolute atomic E-state index is 7.05. The molecule has 0 aliphatic heterocycles. The van der Waals surface area contributed by atoms with Crippen LogP contribution in [0.5, 0.6) is 0 Å². The molecule has 0 unspecified atom stereocenters. The van der Waals surface area contributed by atoms with Crippen molar-refractivity contribution in [1.29, 1.82) is 0 Å². The molecule has 2 aliphatic rings. The lowest BCUT2D eigenvalue weighted by atomic mass is 9.82. The van der Waals surface area contributed by atoms with E-state index in [0.717, 1.165) is 33.1 Å². The van der Waals surface area contributed by atoms with Crippen molar-refractivity contribution in [2.75, 3.05) is 0 Å². The summed E-state index contributed by atoms with van der Waals surface area (Å²) in [5.74, 6) is 0. The molecule has 570 valence electrons. The third-order valence-corrected chi connectivity index (χ3v) is 30.0. The maximum Gasteiger partial charge on any atom is 0.145 e. The average Bonchev–Trinajstić information content (AvgIpc) is 1.55. The third-order valence-electron chi connectivity index (χ3n) is 26.4. The van der Waals surface area contributed by atoms with Crippen LogP contribution in [0.1, 0.15) is 49.9 Å². The molecule has 0 radical (unpaired) electrons. The quantitative estimate of drug-likeness (QED) is 0.163. The molecule has 4 nitrogen and oxygen atoms in total. The van der Waals surface area contributed by atoms with E-state index in [1.54, 1.807) is 0 Å². The summed E-state index contributed by atoms with van der Waals surface area (Å²) in [7, 11) is 0. The van der Waals surface area contributed by atoms with Gasteiger partial charge in [0, 0.05) is 137 Å². The van der Waals surface area contributed by atoms with Crippen LogP contribution in [0.15, 0.2) is 387 Å². The van der Waals surface area contributed by atoms with Gasteiger partial charge in [-0.25, -0.2) is 0 Å². The number of benzene rings is 18. The second-order valence-electron chi connectivity index (χ2n) is 33.6. The standard InChI is InChI=1S/C39H27NO.C39H27NS.C36H21NS2/c2*1-39(2)31-16-10-9-15-29(31)35-32(39)20-18-27-28-19-22-34-36(38(28)41-37(27)35)30-23-25(24-11-5-3-6-12-24)17-21-33(30)40(34)26-13-7-4-8-14-26;1-3-9-22(10-4-1)23-15-18-29-28(21-23)33-30(37(29)24-11-5-2-6-12-24)19-16-25-26-17-20-32-34(36(26)39-35(25)33)27-13-7-8-14-31(27)38-32/h2*3-23H,1-2H3;1-21H. The Morgan fingerprint density at radius 1 is 0.215 bits per heavy atom. The monoisotopic (exact) mass is 1600 g/mol. The first kappa shape index (κ1) is 69.9. The number of thiophene rings is 3. The topological polar surface area (TPSA) is 27.9 Å². The first-order valence-corrected chi connectivity index (χ1v) is 44.2. The van der Waals surface area contributed by atoms with E-state index >= 15 is 0 Å². The molecule has 27 rings (SSSR count). The second-order valence-corrected chi connectivity index (χ2v) is 36.7. The van der Waals surface area contributed by atoms with Crippen LogP contribution >= 0.6 is 34.0 Å². The highest BCUT2D eigenvalue weighted by molar-refractivity contribution is 7.30. The minimum atomic E-state index is -0.0671. The number of furan rings is 1. The third kappa shape index (κ3) is 10.4. The van der Waals surface area contributed by atoms with Crippen LogP contribution in [0, 0.1) is 0 Å². The fraction of sp³-hybridized carbons (Fsp3) is 0.0526. The Labute approximate surface area is 710 Å². The van der Waals surface area contributed by atoms with E-state index in [-0.39, 0.29) is 10.8 Å². The van der Waals surface area contributed by atoms with E-state index in [4.69, 9.17) is 4.42 Å². The fourth-order valence-corrected chi connectivity index (χ4v) is 24.8. The van der Waals surface area contributed by atoms with Gasteiger partial charge in [-0.05, 0) is 176 Å². The zero-order valence-electron chi connectivity index (χ0n) is 66.8. The van der Waals surface area contributed by atoms with Crippen LogP contribution in [0.25, 0.3) is 221 Å². The SMILES string of the molecule is CC1(C)c2ccccc2-c2c1ccc1c2oc2c1ccc1c2c2cc(-c3ccccc3)ccc2n1-c1ccccc1.CC1(C)c2ccccc2-c2c1ccc1c2sc2c1ccc1c2c2cc(-c3ccccc3)ccc2n1-c1ccccc1.c1ccc(-c2ccc3c(c2)c2c4sc5c(ccc6sc7ccccc7c65)c4ccc2n3-c2ccccc2)cc1. The van der Waals surface area contributed by atoms with Crippen molar-refractivity contribution in [3.8, 4) is 72.7 Å². The van der Waals surface area contributed by atoms with Crippen LogP contribution in [-0.2, 0) is 10.8 Å². The molecule has 0 spiro atoms. The van der Waals surface area contributed by atoms with E-state index < -0.39 is 0 Å². The van der Waals surface area contributed by atoms with E-state index in [9.17, 15) is 0 Å². The van der Waals surface area contributed by atoms with Gasteiger partial charge in [0.25, 0.3) is 0 Å². The zero-order valence-corrected chi connectivity index (χ0v) is 69.3. The molecule has 2 aliphatic carbocycles. The average molecular weight is 1600 g/mol. The van der Waals surface area contributed by atoms with E-state index in [0.29, 0.717) is 0 Å². The van der Waals surface area contributed by atoms with Crippen molar-refractivity contribution < 1.29 is 4.42 Å². The molecule has 7 heteroatoms. The van der Waals surface area contributed by atoms with Gasteiger partial charge in [0.2, 0.25) is 0 Å². The lowest BCUT2D eigenvalue weighted by Gasteiger charge is -2.21. The van der Waals surface area contributed by atoms with Gasteiger partial charge < -0.3 is 18.1 Å². The molecule has 7 heterocycles. The van der Waals surface area contributed by atoms with Gasteiger partial charge in [-0.2, -0.15) is 0 Å². The normalized spacial score (nSPS) is 13.3. The van der Waals surface area contributed by atoms with Crippen LogP contribution in [-0.4, -0.2) is 13.7 Å². The number of hydrogen-bond acceptors (Lipinski definition) is 4. The molecule has 0 N–H and O–H groups in total. The minimum Gasteiger partial charge on any atom is -0.455 e. The summed E-state index contributed by atoms with van der Waals surface area (Å²) in [6.45, 7) is 9.38. The number of rotatable bonds is 6. The lowest BCUT2D eigenvalue weighted by molar-refractivity contribution is 0.654. The molecule has 0 saturated carbocycles. The summed E-state index contributed by atoms with van der Waals surface area (Å²) in [5.41, 5.74) is 31.0. The van der Waals surface area contributed by atoms with Gasteiger partial charge in [0.1, 0.15) is 11.2 Å². The highest BCUT2D eigenvalue weighted by atomic mass is 32.1. The molecule has 0 saturated heterocycles. The smallest absolute Gasteiger partial charge is 0.145 e. The van der Waals surface area contributed by atoms with Crippen LogP contribution in [0.2, 0.25) is 0 Å². The first-order chi connectivity index (χ1) is 59.6. The Hall–Kier alpha value is -14.2. The molecule has 25 aromatic rings. The van der Waals surface area contributed by atoms with Crippen molar-refractivity contribution in [3.05, 3.63) is 404 Å². The van der Waals surface area contributed by atoms with Crippen molar-refractivity contribution in [3.63, 3.8) is 0 Å². The highest BCUT2D eigenvalue weighted by Crippen LogP contribution is 2.58. The fourth-order valence-electron chi connectivity index (χ4n) is 20.8. The molecule has 18 aromatic carbocycles. The summed E-state index contributed by atoms with van der Waals surface area (Å²) in [6.07, 6.45) is 0. The van der Waals surface area contributed by atoms with Gasteiger partial charge in [0.05, 0.1) is 38.5 Å². The van der Waals surface area contributed by atoms with E-state index in [2.05, 4.69) is 424 Å². The number of aromatic nitrogens is 3. The molecule has 121 heavy (non-hydrogen) atoms. The van der Waals surface area contributed by atoms with Crippen LogP contribution in [0.4, 0.5) is 0 Å². The zero-order chi connectivity index (χ0) is 80.1. The van der Waals surface area contributed by atoms with Crippen molar-refractivity contribution >= 4 is 182 Å². The Bertz CT molecular complexity index is 8280. The van der Waals surface area contributed by atoms with Crippen LogP contribution in [0.3, 0.4) is 0 Å². The Morgan fingerprint density at radius 2 is 0.562 bits per heavy atom. The van der Waals surface area contributed by atoms with Crippen molar-refractivity contribution in [1.82, 2.24) is 13.7 Å². The molecular formula is C114H75N3OS3. The number of para-hydroxylation sites is 3. The van der Waals surface area contributed by atoms with Gasteiger partial charge in [-0.1, -0.05) is 301 Å². The summed E-state index contributed by atoms with van der Waals surface area (Å²) < 4.78 is 22.6. The summed E-state index contributed by atoms with van der Waals surface area (Å²) in [6, 6.07) is 140. The van der Waals surface area contributed by atoms with Gasteiger partial charge >= 0.3 is 0 Å². The van der Waals surface area contributed by atoms with Crippen LogP contribution < -0.4 is 0 Å². The predicted molar refractivity (Wildman–Crippen MR) is 520 cm³/mol. The molecule has 0 bridgehead atoms. The van der Waals surface area contributed by atoms with Crippen molar-refractivity contribution in [2.24, 2.45) is 0 Å². The number of nitrogens with zero attached hydrogens (tertiary/aromatic N) is 3. The summed E-state index contributed by atoms with van der Waals surface area (Å²) in [5, 5.41) is 18.2. The Kier molecular flexibility index (Phi) is 15.4.